The van der Waals surface area contributed by atoms with Gasteiger partial charge in [-0.3, -0.25) is 0 Å². The molecule has 0 atom stereocenters. The summed E-state index contributed by atoms with van der Waals surface area (Å²) in [4.78, 5) is 0.199. The lowest BCUT2D eigenvalue weighted by atomic mass is 9.84. The van der Waals surface area contributed by atoms with Gasteiger partial charge in [0, 0.05) is 24.9 Å². The van der Waals surface area contributed by atoms with Crippen molar-refractivity contribution in [2.75, 3.05) is 41.5 Å². The van der Waals surface area contributed by atoms with Crippen LogP contribution in [0.3, 0.4) is 0 Å². The van der Waals surface area contributed by atoms with E-state index in [-0.39, 0.29) is 29.8 Å². The molecule has 0 bridgehead atoms. The number of rotatable bonds is 16. The minimum Gasteiger partial charge on any atom is -0.497 e. The maximum absolute atomic E-state index is 14.6. The van der Waals surface area contributed by atoms with E-state index in [4.69, 9.17) is 18.9 Å². The Bertz CT molecular complexity index is 1810. The summed E-state index contributed by atoms with van der Waals surface area (Å²) in [5.41, 5.74) is 6.16. The van der Waals surface area contributed by atoms with Crippen LogP contribution in [0.2, 0.25) is 0 Å². The van der Waals surface area contributed by atoms with Gasteiger partial charge in [0.15, 0.2) is 0 Å². The van der Waals surface area contributed by atoms with Gasteiger partial charge < -0.3 is 18.9 Å². The second-order valence-electron chi connectivity index (χ2n) is 12.4. The van der Waals surface area contributed by atoms with Crippen LogP contribution in [-0.4, -0.2) is 54.3 Å². The molecule has 264 valence electrons. The molecule has 0 saturated heterocycles. The van der Waals surface area contributed by atoms with Crippen molar-refractivity contribution in [1.82, 2.24) is 4.31 Å². The van der Waals surface area contributed by atoms with Crippen LogP contribution < -0.4 is 18.9 Å². The quantitative estimate of drug-likeness (QED) is 0.0957. The smallest absolute Gasteiger partial charge is 0.243 e. The van der Waals surface area contributed by atoms with E-state index in [0.717, 1.165) is 50.8 Å². The third-order valence-electron chi connectivity index (χ3n) is 9.03. The fourth-order valence-corrected chi connectivity index (χ4v) is 7.68. The Balaban J connectivity index is 1.58. The highest BCUT2D eigenvalue weighted by atomic mass is 32.2. The van der Waals surface area contributed by atoms with Gasteiger partial charge in [-0.25, -0.2) is 8.42 Å². The maximum Gasteiger partial charge on any atom is 0.243 e. The molecule has 5 aromatic rings. The van der Waals surface area contributed by atoms with Crippen LogP contribution in [-0.2, 0) is 10.0 Å². The topological polar surface area (TPSA) is 74.3 Å². The molecule has 0 aliphatic heterocycles. The Morgan fingerprint density at radius 2 is 0.784 bits per heavy atom. The lowest BCUT2D eigenvalue weighted by molar-refractivity contribution is 0.414. The lowest BCUT2D eigenvalue weighted by Crippen LogP contribution is -2.36. The van der Waals surface area contributed by atoms with Gasteiger partial charge in [-0.2, -0.15) is 4.31 Å². The normalized spacial score (nSPS) is 11.5. The molecule has 51 heavy (non-hydrogen) atoms. The molecular weight excluding hydrogens is 659 g/mol. The van der Waals surface area contributed by atoms with Crippen molar-refractivity contribution in [3.05, 3.63) is 173 Å². The fourth-order valence-electron chi connectivity index (χ4n) is 6.23. The maximum atomic E-state index is 14.6. The number of sulfonamides is 1. The summed E-state index contributed by atoms with van der Waals surface area (Å²) in [5.74, 6) is 2.23. The zero-order valence-corrected chi connectivity index (χ0v) is 30.7. The van der Waals surface area contributed by atoms with Gasteiger partial charge in [0.2, 0.25) is 10.0 Å². The number of hydrogen-bond acceptors (Lipinski definition) is 6. The van der Waals surface area contributed by atoms with E-state index in [1.807, 2.05) is 116 Å². The molecule has 5 rings (SSSR count). The SMILES string of the molecule is C=C(CN(CC(=C)C(c1ccc(OC)cc1)c1ccc(OC)cc1)S(=O)(=O)c1ccc(C)cc1)C(c1ccc(OC)cc1)c1ccc(OC)cc1. The monoisotopic (exact) mass is 703 g/mol. The Hall–Kier alpha value is -5.31. The highest BCUT2D eigenvalue weighted by molar-refractivity contribution is 7.89. The van der Waals surface area contributed by atoms with Crippen LogP contribution in [0.5, 0.6) is 23.0 Å². The van der Waals surface area contributed by atoms with Crippen LogP contribution in [0.1, 0.15) is 39.7 Å². The number of ether oxygens (including phenoxy) is 4. The van der Waals surface area contributed by atoms with E-state index in [9.17, 15) is 8.42 Å². The number of hydrogen-bond donors (Lipinski definition) is 0. The van der Waals surface area contributed by atoms with Crippen LogP contribution in [0, 0.1) is 6.92 Å². The number of nitrogens with zero attached hydrogens (tertiary/aromatic N) is 1. The summed E-state index contributed by atoms with van der Waals surface area (Å²) in [6.07, 6.45) is 0. The largest absolute Gasteiger partial charge is 0.497 e. The van der Waals surface area contributed by atoms with E-state index in [1.54, 1.807) is 40.6 Å². The van der Waals surface area contributed by atoms with Gasteiger partial charge in [-0.05, 0) is 89.8 Å². The molecule has 0 aliphatic rings. The second-order valence-corrected chi connectivity index (χ2v) is 14.3. The fraction of sp³-hybridized carbons (Fsp3) is 0.209. The Labute approximate surface area is 302 Å². The molecule has 0 radical (unpaired) electrons. The first-order valence-electron chi connectivity index (χ1n) is 16.6. The molecule has 0 saturated carbocycles. The van der Waals surface area contributed by atoms with Crippen molar-refractivity contribution in [2.45, 2.75) is 23.7 Å². The summed E-state index contributed by atoms with van der Waals surface area (Å²) >= 11 is 0. The lowest BCUT2D eigenvalue weighted by Gasteiger charge is -2.30. The summed E-state index contributed by atoms with van der Waals surface area (Å²) in [7, 11) is 2.49. The molecule has 0 N–H and O–H groups in total. The highest BCUT2D eigenvalue weighted by Gasteiger charge is 2.31. The minimum absolute atomic E-state index is 0.0376. The highest BCUT2D eigenvalue weighted by Crippen LogP contribution is 2.37. The molecule has 0 unspecified atom stereocenters. The predicted molar refractivity (Wildman–Crippen MR) is 204 cm³/mol. The Morgan fingerprint density at radius 3 is 1.04 bits per heavy atom. The van der Waals surface area contributed by atoms with E-state index >= 15 is 0 Å². The van der Waals surface area contributed by atoms with Crippen molar-refractivity contribution in [1.29, 1.82) is 0 Å². The third-order valence-corrected chi connectivity index (χ3v) is 10.8. The molecular formula is C43H45NO6S. The second kappa shape index (κ2) is 16.6. The van der Waals surface area contributed by atoms with Crippen molar-refractivity contribution in [3.63, 3.8) is 0 Å². The van der Waals surface area contributed by atoms with Crippen molar-refractivity contribution in [3.8, 4) is 23.0 Å². The van der Waals surface area contributed by atoms with Crippen molar-refractivity contribution >= 4 is 10.0 Å². The number of benzene rings is 5. The molecule has 5 aromatic carbocycles. The van der Waals surface area contributed by atoms with Gasteiger partial charge in [0.05, 0.1) is 33.3 Å². The summed E-state index contributed by atoms with van der Waals surface area (Å²) in [6, 6.07) is 38.0. The molecule has 0 aromatic heterocycles. The number of methoxy groups -OCH3 is 4. The standard InChI is InChI=1S/C43H45NO6S/c1-30-8-26-41(27-9-30)51(45,46)44(28-31(2)42(33-10-18-37(47-4)19-11-33)34-12-20-38(48-5)21-13-34)29-32(3)43(35-14-22-39(49-6)23-15-35)36-16-24-40(50-7)25-17-36/h8-27,42-43H,2-3,28-29H2,1,4-7H3. The first-order chi connectivity index (χ1) is 24.6. The predicted octanol–water partition coefficient (Wildman–Crippen LogP) is 8.80. The van der Waals surface area contributed by atoms with Crippen molar-refractivity contribution < 1.29 is 27.4 Å². The van der Waals surface area contributed by atoms with Gasteiger partial charge in [-0.1, -0.05) is 90.5 Å². The molecule has 0 aliphatic carbocycles. The number of aryl methyl sites for hydroxylation is 1. The van der Waals surface area contributed by atoms with Gasteiger partial charge in [0.25, 0.3) is 0 Å². The van der Waals surface area contributed by atoms with Crippen molar-refractivity contribution in [2.24, 2.45) is 0 Å². The minimum atomic E-state index is -4.01. The third kappa shape index (κ3) is 8.71. The zero-order valence-electron chi connectivity index (χ0n) is 29.8. The Morgan fingerprint density at radius 1 is 0.510 bits per heavy atom. The molecule has 0 fully saturated rings. The first-order valence-corrected chi connectivity index (χ1v) is 18.0. The zero-order chi connectivity index (χ0) is 36.5. The van der Waals surface area contributed by atoms with E-state index < -0.39 is 10.0 Å². The Kier molecular flexibility index (Phi) is 12.0. The summed E-state index contributed by atoms with van der Waals surface area (Å²) < 4.78 is 52.4. The van der Waals surface area contributed by atoms with Crippen LogP contribution in [0.4, 0.5) is 0 Å². The average Bonchev–Trinajstić information content (AvgIpc) is 3.16. The van der Waals surface area contributed by atoms with E-state index in [2.05, 4.69) is 13.2 Å². The van der Waals surface area contributed by atoms with E-state index in [1.165, 1.54) is 4.31 Å². The summed E-state index contributed by atoms with van der Waals surface area (Å²) in [6.45, 7) is 11.1. The molecule has 0 heterocycles. The average molecular weight is 704 g/mol. The molecule has 8 heteroatoms. The van der Waals surface area contributed by atoms with Gasteiger partial charge >= 0.3 is 0 Å². The molecule has 7 nitrogen and oxygen atoms in total. The van der Waals surface area contributed by atoms with Crippen LogP contribution in [0.25, 0.3) is 0 Å². The van der Waals surface area contributed by atoms with Gasteiger partial charge in [-0.15, -0.1) is 0 Å². The van der Waals surface area contributed by atoms with E-state index in [0.29, 0.717) is 11.1 Å². The van der Waals surface area contributed by atoms with Gasteiger partial charge in [0.1, 0.15) is 23.0 Å². The first kappa shape index (κ1) is 37.0. The van der Waals surface area contributed by atoms with Crippen LogP contribution >= 0.6 is 0 Å². The molecule has 0 spiro atoms. The summed E-state index contributed by atoms with van der Waals surface area (Å²) in [5, 5.41) is 0. The van der Waals surface area contributed by atoms with Crippen LogP contribution in [0.15, 0.2) is 151 Å². The molecule has 0 amide bonds.